The van der Waals surface area contributed by atoms with Crippen LogP contribution >= 0.6 is 0 Å². The highest BCUT2D eigenvalue weighted by Gasteiger charge is 2.22. The van der Waals surface area contributed by atoms with Crippen LogP contribution < -0.4 is 4.90 Å². The number of ether oxygens (including phenoxy) is 1. The van der Waals surface area contributed by atoms with E-state index < -0.39 is 0 Å². The van der Waals surface area contributed by atoms with Crippen molar-refractivity contribution < 1.29 is 9.53 Å². The third-order valence-electron chi connectivity index (χ3n) is 4.43. The lowest BCUT2D eigenvalue weighted by atomic mass is 9.89. The van der Waals surface area contributed by atoms with Crippen molar-refractivity contribution in [1.82, 2.24) is 0 Å². The molecule has 22 heavy (non-hydrogen) atoms. The Morgan fingerprint density at radius 1 is 1.18 bits per heavy atom. The summed E-state index contributed by atoms with van der Waals surface area (Å²) in [7, 11) is 0. The van der Waals surface area contributed by atoms with E-state index >= 15 is 0 Å². The number of anilines is 1. The zero-order valence-electron chi connectivity index (χ0n) is 14.0. The van der Waals surface area contributed by atoms with Gasteiger partial charge in [-0.15, -0.1) is 0 Å². The van der Waals surface area contributed by atoms with Crippen LogP contribution in [-0.4, -0.2) is 25.7 Å². The molecule has 3 nitrogen and oxygen atoms in total. The van der Waals surface area contributed by atoms with Crippen molar-refractivity contribution in [2.75, 3.05) is 24.6 Å². The summed E-state index contributed by atoms with van der Waals surface area (Å²) in [4.78, 5) is 14.4. The molecule has 0 saturated carbocycles. The third kappa shape index (κ3) is 4.49. The normalized spacial score (nSPS) is 16.4. The van der Waals surface area contributed by atoms with E-state index in [2.05, 4.69) is 36.1 Å². The van der Waals surface area contributed by atoms with Crippen molar-refractivity contribution in [1.29, 1.82) is 0 Å². The average Bonchev–Trinajstić information content (AvgIpc) is 2.55. The van der Waals surface area contributed by atoms with Crippen LogP contribution in [0.1, 0.15) is 63.9 Å². The molecular formula is C19H29NO2. The lowest BCUT2D eigenvalue weighted by molar-refractivity contribution is -0.143. The monoisotopic (exact) mass is 303 g/mol. The quantitative estimate of drug-likeness (QED) is 0.694. The Balaban J connectivity index is 2.20. The largest absolute Gasteiger partial charge is 0.466 e. The fourth-order valence-electron chi connectivity index (χ4n) is 3.39. The molecule has 0 aromatic heterocycles. The van der Waals surface area contributed by atoms with Gasteiger partial charge in [0.25, 0.3) is 0 Å². The molecule has 1 aliphatic heterocycles. The lowest BCUT2D eigenvalue weighted by Gasteiger charge is -2.32. The van der Waals surface area contributed by atoms with Gasteiger partial charge in [-0.3, -0.25) is 4.79 Å². The number of rotatable bonds is 7. The van der Waals surface area contributed by atoms with Crippen LogP contribution in [0.3, 0.4) is 0 Å². The molecule has 1 aromatic carbocycles. The Bertz CT molecular complexity index is 466. The second-order valence-corrected chi connectivity index (χ2v) is 6.10. The molecule has 1 atom stereocenters. The predicted molar refractivity (Wildman–Crippen MR) is 91.4 cm³/mol. The molecule has 1 aromatic rings. The summed E-state index contributed by atoms with van der Waals surface area (Å²) in [6.07, 6.45) is 6.48. The summed E-state index contributed by atoms with van der Waals surface area (Å²) in [5, 5.41) is 0. The van der Waals surface area contributed by atoms with Gasteiger partial charge in [0.15, 0.2) is 0 Å². The van der Waals surface area contributed by atoms with E-state index in [4.69, 9.17) is 4.74 Å². The Hall–Kier alpha value is -1.51. The van der Waals surface area contributed by atoms with Crippen molar-refractivity contribution in [2.45, 2.75) is 58.3 Å². The summed E-state index contributed by atoms with van der Waals surface area (Å²) >= 11 is 0. The van der Waals surface area contributed by atoms with Gasteiger partial charge in [0.2, 0.25) is 0 Å². The molecule has 0 N–H and O–H groups in total. The van der Waals surface area contributed by atoms with Gasteiger partial charge >= 0.3 is 5.97 Å². The predicted octanol–water partition coefficient (Wildman–Crippen LogP) is 4.51. The molecule has 0 spiro atoms. The maximum absolute atomic E-state index is 12.0. The topological polar surface area (TPSA) is 29.5 Å². The van der Waals surface area contributed by atoms with Crippen LogP contribution in [0.5, 0.6) is 0 Å². The molecule has 0 unspecified atom stereocenters. The number of benzene rings is 1. The highest BCUT2D eigenvalue weighted by molar-refractivity contribution is 5.71. The first kappa shape index (κ1) is 16.9. The molecule has 3 heteroatoms. The standard InChI is InChI=1S/C19H29NO2/c1-3-10-16(15-19(21)22-4-2)17-11-6-7-12-18(17)20-13-8-5-9-14-20/h6-7,11-12,16H,3-5,8-10,13-15H2,1-2H3/t16-/m1/s1. The van der Waals surface area contributed by atoms with Gasteiger partial charge < -0.3 is 9.64 Å². The van der Waals surface area contributed by atoms with E-state index in [1.54, 1.807) is 0 Å². The van der Waals surface area contributed by atoms with Crippen LogP contribution in [0.4, 0.5) is 5.69 Å². The Morgan fingerprint density at radius 2 is 1.91 bits per heavy atom. The molecule has 0 aliphatic carbocycles. The minimum atomic E-state index is -0.0746. The van der Waals surface area contributed by atoms with Crippen molar-refractivity contribution in [3.63, 3.8) is 0 Å². The third-order valence-corrected chi connectivity index (χ3v) is 4.43. The molecule has 1 aliphatic rings. The zero-order valence-corrected chi connectivity index (χ0v) is 14.0. The molecule has 1 fully saturated rings. The average molecular weight is 303 g/mol. The van der Waals surface area contributed by atoms with Gasteiger partial charge in [0, 0.05) is 18.8 Å². The van der Waals surface area contributed by atoms with E-state index in [9.17, 15) is 4.79 Å². The first-order valence-corrected chi connectivity index (χ1v) is 8.75. The SMILES string of the molecule is CCC[C@H](CC(=O)OCC)c1ccccc1N1CCCCC1. The van der Waals surface area contributed by atoms with E-state index in [1.807, 2.05) is 6.92 Å². The van der Waals surface area contributed by atoms with E-state index in [1.165, 1.54) is 30.5 Å². The van der Waals surface area contributed by atoms with Crippen LogP contribution in [0.15, 0.2) is 24.3 Å². The Morgan fingerprint density at radius 3 is 2.59 bits per heavy atom. The Kier molecular flexibility index (Phi) is 6.75. The summed E-state index contributed by atoms with van der Waals surface area (Å²) in [5.41, 5.74) is 2.64. The molecule has 122 valence electrons. The highest BCUT2D eigenvalue weighted by atomic mass is 16.5. The van der Waals surface area contributed by atoms with Crippen LogP contribution in [-0.2, 0) is 9.53 Å². The highest BCUT2D eigenvalue weighted by Crippen LogP contribution is 2.34. The van der Waals surface area contributed by atoms with Crippen LogP contribution in [0.25, 0.3) is 0 Å². The second-order valence-electron chi connectivity index (χ2n) is 6.10. The summed E-state index contributed by atoms with van der Waals surface area (Å²) in [6.45, 7) is 6.78. The zero-order chi connectivity index (χ0) is 15.8. The minimum Gasteiger partial charge on any atom is -0.466 e. The maximum Gasteiger partial charge on any atom is 0.306 e. The van der Waals surface area contributed by atoms with Gasteiger partial charge in [0.05, 0.1) is 13.0 Å². The summed E-state index contributed by atoms with van der Waals surface area (Å²) < 4.78 is 5.17. The Labute approximate surface area is 134 Å². The van der Waals surface area contributed by atoms with Gasteiger partial charge in [-0.1, -0.05) is 31.5 Å². The molecule has 0 amide bonds. The molecule has 1 heterocycles. The molecule has 2 rings (SSSR count). The maximum atomic E-state index is 12.0. The number of nitrogens with zero attached hydrogens (tertiary/aromatic N) is 1. The molecular weight excluding hydrogens is 274 g/mol. The van der Waals surface area contributed by atoms with Gasteiger partial charge in [-0.05, 0) is 50.2 Å². The number of esters is 1. The van der Waals surface area contributed by atoms with Crippen LogP contribution in [0, 0.1) is 0 Å². The number of para-hydroxylation sites is 1. The second kappa shape index (κ2) is 8.82. The van der Waals surface area contributed by atoms with Gasteiger partial charge in [-0.2, -0.15) is 0 Å². The molecule has 1 saturated heterocycles. The van der Waals surface area contributed by atoms with E-state index in [-0.39, 0.29) is 11.9 Å². The smallest absolute Gasteiger partial charge is 0.306 e. The number of piperidine rings is 1. The van der Waals surface area contributed by atoms with Gasteiger partial charge in [0.1, 0.15) is 0 Å². The van der Waals surface area contributed by atoms with E-state index in [0.717, 1.165) is 25.9 Å². The van der Waals surface area contributed by atoms with Crippen molar-refractivity contribution in [3.05, 3.63) is 29.8 Å². The number of carbonyl (C=O) groups is 1. The van der Waals surface area contributed by atoms with Crippen LogP contribution in [0.2, 0.25) is 0 Å². The van der Waals surface area contributed by atoms with Crippen molar-refractivity contribution in [2.24, 2.45) is 0 Å². The molecule has 0 bridgehead atoms. The lowest BCUT2D eigenvalue weighted by Crippen LogP contribution is -2.30. The first-order chi connectivity index (χ1) is 10.8. The summed E-state index contributed by atoms with van der Waals surface area (Å²) in [5.74, 6) is 0.191. The van der Waals surface area contributed by atoms with Crippen molar-refractivity contribution in [3.8, 4) is 0 Å². The van der Waals surface area contributed by atoms with Gasteiger partial charge in [-0.25, -0.2) is 0 Å². The number of hydrogen-bond donors (Lipinski definition) is 0. The number of hydrogen-bond acceptors (Lipinski definition) is 3. The molecule has 0 radical (unpaired) electrons. The number of carbonyl (C=O) groups excluding carboxylic acids is 1. The van der Waals surface area contributed by atoms with Crippen molar-refractivity contribution >= 4 is 11.7 Å². The minimum absolute atomic E-state index is 0.0746. The first-order valence-electron chi connectivity index (χ1n) is 8.75. The summed E-state index contributed by atoms with van der Waals surface area (Å²) in [6, 6.07) is 8.62. The van der Waals surface area contributed by atoms with E-state index in [0.29, 0.717) is 13.0 Å². The fraction of sp³-hybridized carbons (Fsp3) is 0.632. The fourth-order valence-corrected chi connectivity index (χ4v) is 3.39.